The van der Waals surface area contributed by atoms with Gasteiger partial charge in [0, 0.05) is 20.3 Å². The first-order valence-corrected chi connectivity index (χ1v) is 4.04. The maximum absolute atomic E-state index is 9.43. The van der Waals surface area contributed by atoms with Gasteiger partial charge in [-0.1, -0.05) is 6.92 Å². The van der Waals surface area contributed by atoms with Crippen LogP contribution in [-0.4, -0.2) is 38.5 Å². The van der Waals surface area contributed by atoms with Gasteiger partial charge in [0.15, 0.2) is 0 Å². The molecule has 0 spiro atoms. The molecule has 0 heterocycles. The topological polar surface area (TPSA) is 41.5 Å². The van der Waals surface area contributed by atoms with Crippen molar-refractivity contribution in [3.63, 3.8) is 0 Å². The van der Waals surface area contributed by atoms with Crippen LogP contribution >= 0.6 is 0 Å². The lowest BCUT2D eigenvalue weighted by molar-refractivity contribution is 0.0894. The normalized spacial score (nSPS) is 16.4. The molecular formula is C8H19NO2. The molecular weight excluding hydrogens is 142 g/mol. The molecule has 2 atom stereocenters. The van der Waals surface area contributed by atoms with E-state index in [1.807, 2.05) is 14.0 Å². The summed E-state index contributed by atoms with van der Waals surface area (Å²) in [6, 6.07) is 0. The first-order chi connectivity index (χ1) is 5.22. The Morgan fingerprint density at radius 3 is 2.64 bits per heavy atom. The average Bonchev–Trinajstić information content (AvgIpc) is 2.00. The van der Waals surface area contributed by atoms with Crippen LogP contribution < -0.4 is 5.32 Å². The van der Waals surface area contributed by atoms with Crippen LogP contribution in [0, 0.1) is 5.92 Å². The smallest absolute Gasteiger partial charge is 0.0690 e. The zero-order chi connectivity index (χ0) is 8.69. The second kappa shape index (κ2) is 6.58. The van der Waals surface area contributed by atoms with Crippen LogP contribution in [0.25, 0.3) is 0 Å². The predicted molar refractivity (Wildman–Crippen MR) is 45.6 cm³/mol. The van der Waals surface area contributed by atoms with Crippen LogP contribution in [-0.2, 0) is 4.74 Å². The minimum atomic E-state index is -0.254. The quantitative estimate of drug-likeness (QED) is 0.586. The number of ether oxygens (including phenoxy) is 1. The van der Waals surface area contributed by atoms with Crippen molar-refractivity contribution < 1.29 is 9.84 Å². The van der Waals surface area contributed by atoms with Crippen molar-refractivity contribution in [1.82, 2.24) is 5.32 Å². The summed E-state index contributed by atoms with van der Waals surface area (Å²) in [4.78, 5) is 0. The van der Waals surface area contributed by atoms with Crippen LogP contribution in [0.3, 0.4) is 0 Å². The average molecular weight is 161 g/mol. The summed E-state index contributed by atoms with van der Waals surface area (Å²) in [5.41, 5.74) is 0. The van der Waals surface area contributed by atoms with E-state index in [2.05, 4.69) is 5.32 Å². The van der Waals surface area contributed by atoms with E-state index in [0.717, 1.165) is 13.0 Å². The van der Waals surface area contributed by atoms with Gasteiger partial charge >= 0.3 is 0 Å². The Labute approximate surface area is 68.8 Å². The number of aliphatic hydroxyl groups is 1. The van der Waals surface area contributed by atoms with Gasteiger partial charge in [-0.25, -0.2) is 0 Å². The molecule has 0 amide bonds. The standard InChI is InChI=1S/C8H19NO2/c1-7(4-5-11-3)8(10)6-9-2/h7-10H,4-6H2,1-3H3. The van der Waals surface area contributed by atoms with Crippen LogP contribution in [0.1, 0.15) is 13.3 Å². The molecule has 0 saturated heterocycles. The molecule has 3 nitrogen and oxygen atoms in total. The lowest BCUT2D eigenvalue weighted by atomic mass is 10.0. The van der Waals surface area contributed by atoms with E-state index >= 15 is 0 Å². The Morgan fingerprint density at radius 2 is 2.18 bits per heavy atom. The molecule has 0 aromatic carbocycles. The summed E-state index contributed by atoms with van der Waals surface area (Å²) in [5, 5.41) is 12.4. The molecule has 0 radical (unpaired) electrons. The second-order valence-corrected chi connectivity index (χ2v) is 2.88. The molecule has 0 bridgehead atoms. The van der Waals surface area contributed by atoms with Crippen molar-refractivity contribution in [3.05, 3.63) is 0 Å². The molecule has 3 heteroatoms. The largest absolute Gasteiger partial charge is 0.392 e. The lowest BCUT2D eigenvalue weighted by Crippen LogP contribution is -2.30. The Hall–Kier alpha value is -0.120. The molecule has 2 N–H and O–H groups in total. The molecule has 0 rings (SSSR count). The molecule has 68 valence electrons. The second-order valence-electron chi connectivity index (χ2n) is 2.88. The van der Waals surface area contributed by atoms with E-state index < -0.39 is 0 Å². The van der Waals surface area contributed by atoms with E-state index in [9.17, 15) is 5.11 Å². The number of hydrogen-bond acceptors (Lipinski definition) is 3. The van der Waals surface area contributed by atoms with Gasteiger partial charge in [-0.2, -0.15) is 0 Å². The maximum Gasteiger partial charge on any atom is 0.0690 e. The van der Waals surface area contributed by atoms with Crippen molar-refractivity contribution >= 4 is 0 Å². The van der Waals surface area contributed by atoms with E-state index in [-0.39, 0.29) is 6.10 Å². The third kappa shape index (κ3) is 5.18. The van der Waals surface area contributed by atoms with Crippen LogP contribution in [0.15, 0.2) is 0 Å². The van der Waals surface area contributed by atoms with Gasteiger partial charge in [-0.05, 0) is 19.4 Å². The number of likely N-dealkylation sites (N-methyl/N-ethyl adjacent to an activating group) is 1. The van der Waals surface area contributed by atoms with Gasteiger partial charge in [0.25, 0.3) is 0 Å². The van der Waals surface area contributed by atoms with Crippen LogP contribution in [0.4, 0.5) is 0 Å². The first-order valence-electron chi connectivity index (χ1n) is 4.04. The number of rotatable bonds is 6. The Morgan fingerprint density at radius 1 is 1.55 bits per heavy atom. The van der Waals surface area contributed by atoms with Crippen molar-refractivity contribution in [2.75, 3.05) is 27.3 Å². The minimum Gasteiger partial charge on any atom is -0.392 e. The highest BCUT2D eigenvalue weighted by Crippen LogP contribution is 2.06. The number of nitrogens with one attached hydrogen (secondary N) is 1. The number of methoxy groups -OCH3 is 1. The van der Waals surface area contributed by atoms with Gasteiger partial charge in [-0.15, -0.1) is 0 Å². The monoisotopic (exact) mass is 161 g/mol. The number of aliphatic hydroxyl groups excluding tert-OH is 1. The molecule has 0 fully saturated rings. The third-order valence-electron chi connectivity index (χ3n) is 1.85. The highest BCUT2D eigenvalue weighted by molar-refractivity contribution is 4.65. The summed E-state index contributed by atoms with van der Waals surface area (Å²) in [5.74, 6) is 0.308. The van der Waals surface area contributed by atoms with Crippen molar-refractivity contribution in [3.8, 4) is 0 Å². The summed E-state index contributed by atoms with van der Waals surface area (Å²) in [6.07, 6.45) is 0.662. The molecule has 2 unspecified atom stereocenters. The van der Waals surface area contributed by atoms with Gasteiger partial charge in [0.1, 0.15) is 0 Å². The van der Waals surface area contributed by atoms with Gasteiger partial charge in [0.2, 0.25) is 0 Å². The summed E-state index contributed by atoms with van der Waals surface area (Å²) < 4.78 is 4.91. The molecule has 0 aromatic heterocycles. The SMILES string of the molecule is CNCC(O)C(C)CCOC. The third-order valence-corrected chi connectivity index (χ3v) is 1.85. The summed E-state index contributed by atoms with van der Waals surface area (Å²) in [7, 11) is 3.52. The van der Waals surface area contributed by atoms with Crippen molar-refractivity contribution in [2.45, 2.75) is 19.4 Å². The van der Waals surface area contributed by atoms with Gasteiger partial charge < -0.3 is 15.2 Å². The summed E-state index contributed by atoms with van der Waals surface area (Å²) >= 11 is 0. The van der Waals surface area contributed by atoms with Gasteiger partial charge in [-0.3, -0.25) is 0 Å². The van der Waals surface area contributed by atoms with Crippen LogP contribution in [0.2, 0.25) is 0 Å². The fraction of sp³-hybridized carbons (Fsp3) is 1.00. The van der Waals surface area contributed by atoms with E-state index in [1.165, 1.54) is 0 Å². The van der Waals surface area contributed by atoms with E-state index in [4.69, 9.17) is 4.74 Å². The molecule has 0 aromatic rings. The number of hydrogen-bond donors (Lipinski definition) is 2. The molecule has 0 aliphatic rings. The highest BCUT2D eigenvalue weighted by Gasteiger charge is 2.11. The van der Waals surface area contributed by atoms with E-state index in [0.29, 0.717) is 12.5 Å². The van der Waals surface area contributed by atoms with Crippen molar-refractivity contribution in [1.29, 1.82) is 0 Å². The van der Waals surface area contributed by atoms with Gasteiger partial charge in [0.05, 0.1) is 6.10 Å². The maximum atomic E-state index is 9.43. The van der Waals surface area contributed by atoms with Crippen LogP contribution in [0.5, 0.6) is 0 Å². The van der Waals surface area contributed by atoms with Crippen molar-refractivity contribution in [2.24, 2.45) is 5.92 Å². The first kappa shape index (κ1) is 10.9. The zero-order valence-electron chi connectivity index (χ0n) is 7.63. The summed E-state index contributed by atoms with van der Waals surface area (Å²) in [6.45, 7) is 3.41. The minimum absolute atomic E-state index is 0.254. The molecule has 0 aliphatic heterocycles. The Kier molecular flexibility index (Phi) is 6.51. The fourth-order valence-corrected chi connectivity index (χ4v) is 0.906. The fourth-order valence-electron chi connectivity index (χ4n) is 0.906. The molecule has 11 heavy (non-hydrogen) atoms. The molecule has 0 aliphatic carbocycles. The van der Waals surface area contributed by atoms with E-state index in [1.54, 1.807) is 7.11 Å². The Balaban J connectivity index is 3.38. The highest BCUT2D eigenvalue weighted by atomic mass is 16.5. The predicted octanol–water partition coefficient (Wildman–Crippen LogP) is 0.239. The molecule has 0 saturated carbocycles. The Bertz CT molecular complexity index is 88.2. The lowest BCUT2D eigenvalue weighted by Gasteiger charge is -2.17. The zero-order valence-corrected chi connectivity index (χ0v) is 7.63.